The van der Waals surface area contributed by atoms with Crippen LogP contribution in [0.5, 0.6) is 0 Å². The van der Waals surface area contributed by atoms with Gasteiger partial charge in [-0.15, -0.1) is 0 Å². The van der Waals surface area contributed by atoms with Gasteiger partial charge in [-0.3, -0.25) is 0 Å². The van der Waals surface area contributed by atoms with Crippen LogP contribution in [0, 0.1) is 40.4 Å². The Kier molecular flexibility index (Phi) is 4.16. The van der Waals surface area contributed by atoms with Crippen LogP contribution in [0.4, 0.5) is 0 Å². The molecular weight excluding hydrogens is 294 g/mol. The van der Waals surface area contributed by atoms with Gasteiger partial charge in [-0.25, -0.2) is 0 Å². The summed E-state index contributed by atoms with van der Waals surface area (Å²) in [4.78, 5) is 0. The van der Waals surface area contributed by atoms with Crippen molar-refractivity contribution >= 4 is 0 Å². The van der Waals surface area contributed by atoms with Gasteiger partial charge in [0.05, 0.1) is 6.10 Å². The molecule has 0 amide bonds. The van der Waals surface area contributed by atoms with Gasteiger partial charge in [-0.1, -0.05) is 26.0 Å². The van der Waals surface area contributed by atoms with Gasteiger partial charge in [0.2, 0.25) is 0 Å². The molecule has 4 rings (SSSR count). The lowest BCUT2D eigenvalue weighted by atomic mass is 9.46. The molecule has 0 aliphatic heterocycles. The van der Waals surface area contributed by atoms with Crippen LogP contribution >= 0.6 is 0 Å². The van der Waals surface area contributed by atoms with Crippen LogP contribution in [0.25, 0.3) is 0 Å². The molecule has 0 unspecified atom stereocenters. The second-order valence-electron chi connectivity index (χ2n) is 9.99. The number of hydrogen-bond acceptors (Lipinski definition) is 2. The fourth-order valence-electron chi connectivity index (χ4n) is 7.62. The minimum atomic E-state index is 0.403. The lowest BCUT2D eigenvalue weighted by Crippen LogP contribution is -2.53. The van der Waals surface area contributed by atoms with Gasteiger partial charge >= 0.3 is 0 Å². The maximum atomic E-state index is 6.29. The van der Waals surface area contributed by atoms with E-state index < -0.39 is 0 Å². The van der Waals surface area contributed by atoms with E-state index in [1.165, 1.54) is 44.9 Å². The van der Waals surface area contributed by atoms with E-state index in [2.05, 4.69) is 32.9 Å². The predicted molar refractivity (Wildman–Crippen MR) is 99.6 cm³/mol. The molecular formula is C22H37NO. The van der Waals surface area contributed by atoms with Gasteiger partial charge in [0.25, 0.3) is 0 Å². The molecule has 136 valence electrons. The highest BCUT2D eigenvalue weighted by molar-refractivity contribution is 5.18. The Morgan fingerprint density at radius 2 is 1.71 bits per heavy atom. The summed E-state index contributed by atoms with van der Waals surface area (Å²) in [6, 6.07) is 0.427. The average Bonchev–Trinajstić information content (AvgIpc) is 2.92. The Balaban J connectivity index is 1.63. The summed E-state index contributed by atoms with van der Waals surface area (Å²) in [6.07, 6.45) is 15.0. The predicted octanol–water partition coefficient (Wildman–Crippen LogP) is 4.78. The van der Waals surface area contributed by atoms with Crippen molar-refractivity contribution in [1.29, 1.82) is 0 Å². The number of rotatable bonds is 2. The number of fused-ring (bicyclic) bond motifs is 5. The van der Waals surface area contributed by atoms with E-state index in [1.54, 1.807) is 0 Å². The molecule has 3 fully saturated rings. The lowest BCUT2D eigenvalue weighted by molar-refractivity contribution is -0.0796. The Morgan fingerprint density at radius 3 is 2.46 bits per heavy atom. The third-order valence-corrected chi connectivity index (χ3v) is 9.21. The van der Waals surface area contributed by atoms with E-state index in [4.69, 9.17) is 10.5 Å². The highest BCUT2D eigenvalue weighted by Crippen LogP contribution is 2.66. The number of hydrogen-bond donors (Lipinski definition) is 1. The summed E-state index contributed by atoms with van der Waals surface area (Å²) >= 11 is 0. The monoisotopic (exact) mass is 331 g/mol. The molecule has 3 saturated carbocycles. The molecule has 0 spiro atoms. The number of ether oxygens (including phenoxy) is 1. The molecule has 2 nitrogen and oxygen atoms in total. The first-order valence-corrected chi connectivity index (χ1v) is 10.4. The number of allylic oxidation sites excluding steroid dienone is 2. The van der Waals surface area contributed by atoms with E-state index in [0.29, 0.717) is 23.0 Å². The van der Waals surface area contributed by atoms with Crippen molar-refractivity contribution < 1.29 is 4.74 Å². The van der Waals surface area contributed by atoms with Crippen LogP contribution in [-0.4, -0.2) is 19.3 Å². The fourth-order valence-corrected chi connectivity index (χ4v) is 7.62. The van der Waals surface area contributed by atoms with Gasteiger partial charge in [-0.05, 0) is 92.3 Å². The minimum absolute atomic E-state index is 0.403. The Labute approximate surface area is 148 Å². The molecule has 4 aliphatic carbocycles. The molecule has 0 heterocycles. The highest BCUT2D eigenvalue weighted by atomic mass is 16.5. The van der Waals surface area contributed by atoms with Gasteiger partial charge in [0.1, 0.15) is 0 Å². The fraction of sp³-hybridized carbons (Fsp3) is 0.909. The average molecular weight is 332 g/mol. The number of methoxy groups -OCH3 is 1. The molecule has 4 aliphatic rings. The normalized spacial score (nSPS) is 54.7. The molecule has 0 radical (unpaired) electrons. The summed E-state index contributed by atoms with van der Waals surface area (Å²) < 4.78 is 5.77. The zero-order valence-electron chi connectivity index (χ0n) is 16.1. The molecule has 0 aromatic rings. The quantitative estimate of drug-likeness (QED) is 0.739. The van der Waals surface area contributed by atoms with Gasteiger partial charge in [-0.2, -0.15) is 0 Å². The molecule has 0 aromatic heterocycles. The van der Waals surface area contributed by atoms with Crippen molar-refractivity contribution in [2.24, 2.45) is 46.2 Å². The van der Waals surface area contributed by atoms with E-state index in [0.717, 1.165) is 29.6 Å². The first kappa shape index (κ1) is 17.1. The second kappa shape index (κ2) is 5.84. The summed E-state index contributed by atoms with van der Waals surface area (Å²) in [7, 11) is 1.89. The maximum Gasteiger partial charge on any atom is 0.0576 e. The standard InChI is InChI=1S/C22H37NO/c1-14(24-4)18-7-8-19-17-6-5-15-13-16(23)9-11-21(15,2)20(17)10-12-22(18,19)3/h5-6,14-20H,7-13,23H2,1-4H3/t14-,15+,16-,17-,18-,19-,20+,21+,22-/m1/s1. The molecule has 0 bridgehead atoms. The van der Waals surface area contributed by atoms with E-state index in [-0.39, 0.29) is 0 Å². The van der Waals surface area contributed by atoms with Crippen molar-refractivity contribution in [3.05, 3.63) is 12.2 Å². The van der Waals surface area contributed by atoms with Gasteiger partial charge < -0.3 is 10.5 Å². The van der Waals surface area contributed by atoms with Gasteiger partial charge in [0.15, 0.2) is 0 Å². The van der Waals surface area contributed by atoms with E-state index in [9.17, 15) is 0 Å². The third kappa shape index (κ3) is 2.28. The van der Waals surface area contributed by atoms with Gasteiger partial charge in [0, 0.05) is 13.2 Å². The number of nitrogens with two attached hydrogens (primary N) is 1. The van der Waals surface area contributed by atoms with Crippen LogP contribution in [-0.2, 0) is 4.74 Å². The molecule has 24 heavy (non-hydrogen) atoms. The zero-order valence-corrected chi connectivity index (χ0v) is 16.1. The first-order valence-electron chi connectivity index (χ1n) is 10.4. The topological polar surface area (TPSA) is 35.2 Å². The van der Waals surface area contributed by atoms with E-state index >= 15 is 0 Å². The minimum Gasteiger partial charge on any atom is -0.381 e. The summed E-state index contributed by atoms with van der Waals surface area (Å²) in [5.74, 6) is 4.01. The Hall–Kier alpha value is -0.340. The Morgan fingerprint density at radius 1 is 1.00 bits per heavy atom. The zero-order chi connectivity index (χ0) is 17.1. The summed E-state index contributed by atoms with van der Waals surface area (Å²) in [5.41, 5.74) is 7.28. The smallest absolute Gasteiger partial charge is 0.0576 e. The molecule has 2 heteroatoms. The maximum absolute atomic E-state index is 6.29. The summed E-state index contributed by atoms with van der Waals surface area (Å²) in [5, 5.41) is 0. The van der Waals surface area contributed by atoms with Crippen LogP contribution in [0.3, 0.4) is 0 Å². The van der Waals surface area contributed by atoms with Crippen LogP contribution in [0.2, 0.25) is 0 Å². The SMILES string of the molecule is CO[C@H](C)[C@H]1CC[C@@H]2[C@H]3C=C[C@H]4C[C@H](N)CC[C@]4(C)[C@H]3CC[C@@]21C. The highest BCUT2D eigenvalue weighted by Gasteiger charge is 2.59. The van der Waals surface area contributed by atoms with Crippen LogP contribution in [0.1, 0.15) is 65.7 Å². The third-order valence-electron chi connectivity index (χ3n) is 9.21. The van der Waals surface area contributed by atoms with Crippen molar-refractivity contribution in [1.82, 2.24) is 0 Å². The largest absolute Gasteiger partial charge is 0.381 e. The Bertz CT molecular complexity index is 516. The van der Waals surface area contributed by atoms with Crippen molar-refractivity contribution in [2.75, 3.05) is 7.11 Å². The first-order chi connectivity index (χ1) is 11.4. The lowest BCUT2D eigenvalue weighted by Gasteiger charge is -2.59. The van der Waals surface area contributed by atoms with Crippen LogP contribution < -0.4 is 5.73 Å². The van der Waals surface area contributed by atoms with E-state index in [1.807, 2.05) is 7.11 Å². The van der Waals surface area contributed by atoms with Crippen LogP contribution in [0.15, 0.2) is 12.2 Å². The summed E-state index contributed by atoms with van der Waals surface area (Å²) in [6.45, 7) is 7.47. The van der Waals surface area contributed by atoms with Crippen molar-refractivity contribution in [3.8, 4) is 0 Å². The molecule has 9 atom stereocenters. The molecule has 0 saturated heterocycles. The van der Waals surface area contributed by atoms with Crippen molar-refractivity contribution in [2.45, 2.75) is 77.9 Å². The molecule has 0 aromatic carbocycles. The van der Waals surface area contributed by atoms with Crippen molar-refractivity contribution in [3.63, 3.8) is 0 Å². The molecule has 2 N–H and O–H groups in total. The second-order valence-corrected chi connectivity index (χ2v) is 9.99.